The molecule has 2 rings (SSSR count). The topological polar surface area (TPSA) is 31.5 Å². The third-order valence-electron chi connectivity index (χ3n) is 2.24. The fourth-order valence-corrected chi connectivity index (χ4v) is 1.45. The van der Waals surface area contributed by atoms with Crippen LogP contribution in [0.5, 0.6) is 0 Å². The lowest BCUT2D eigenvalue weighted by Crippen LogP contribution is -3.06. The molecule has 1 aromatic heterocycles. The second kappa shape index (κ2) is 6.50. The van der Waals surface area contributed by atoms with Crippen LogP contribution in [0.2, 0.25) is 0 Å². The molecule has 0 saturated carbocycles. The molecule has 1 unspecified atom stereocenters. The van der Waals surface area contributed by atoms with Crippen LogP contribution in [0.3, 0.4) is 0 Å². The number of nitrogens with one attached hydrogen (secondary N) is 1. The van der Waals surface area contributed by atoms with E-state index in [1.54, 1.807) is 6.07 Å². The highest BCUT2D eigenvalue weighted by Crippen LogP contribution is 2.24. The molecule has 0 fully saturated rings. The van der Waals surface area contributed by atoms with E-state index in [2.05, 4.69) is 5.10 Å². The Labute approximate surface area is 134 Å². The second-order valence-electron chi connectivity index (χ2n) is 3.53. The Kier molecular flexibility index (Phi) is 1.52. The molecule has 0 bridgehead atoms. The van der Waals surface area contributed by atoms with E-state index >= 15 is 0 Å². The van der Waals surface area contributed by atoms with Crippen molar-refractivity contribution in [1.29, 1.82) is 0 Å². The molecule has 1 aromatic carbocycles. The molecule has 4 heteroatoms. The first-order valence-electron chi connectivity index (χ1n) is 12.3. The first-order valence-corrected chi connectivity index (χ1v) is 5.35. The van der Waals surface area contributed by atoms with E-state index in [1.165, 1.54) is 24.3 Å². The molecule has 0 radical (unpaired) electrons. The highest BCUT2D eigenvalue weighted by atomic mass is 16.5. The van der Waals surface area contributed by atoms with Crippen LogP contribution in [0.4, 0.5) is 0 Å². The molecule has 0 amide bonds. The second-order valence-corrected chi connectivity index (χ2v) is 3.53. The Morgan fingerprint density at radius 3 is 3.00 bits per heavy atom. The Hall–Kier alpha value is -1.65. The van der Waals surface area contributed by atoms with Crippen LogP contribution in [0.1, 0.15) is 36.5 Å². The fraction of sp³-hybridized carbons (Fsp3) is 0.400. The minimum Gasteiger partial charge on any atom is -0.361 e. The zero-order valence-corrected chi connectivity index (χ0v) is 9.84. The predicted octanol–water partition coefficient (Wildman–Crippen LogP) is 0.671. The summed E-state index contributed by atoms with van der Waals surface area (Å²) in [5.74, 6) is 0. The molecular formula is C15H22N3O+. The SMILES string of the molecule is [2H]C(OC([2H])([2H])C([2H])([2H])[NH+](C([2H])([2H])[2H])C([2H])([2H])[2H])(c1ccccc1)c1ccnn1C([2H])([2H])[2H]. The lowest BCUT2D eigenvalue weighted by Gasteiger charge is -2.19. The van der Waals surface area contributed by atoms with Gasteiger partial charge in [0, 0.05) is 17.3 Å². The van der Waals surface area contributed by atoms with Crippen LogP contribution in [0.25, 0.3) is 0 Å². The molecule has 0 aliphatic heterocycles. The van der Waals surface area contributed by atoms with E-state index in [9.17, 15) is 0 Å². The van der Waals surface area contributed by atoms with Gasteiger partial charge in [0.05, 0.1) is 41.3 Å². The molecule has 1 N–H and O–H groups in total. The van der Waals surface area contributed by atoms with Gasteiger partial charge in [-0.1, -0.05) is 30.3 Å². The van der Waals surface area contributed by atoms with Gasteiger partial charge >= 0.3 is 0 Å². The lowest BCUT2D eigenvalue weighted by molar-refractivity contribution is -0.858. The summed E-state index contributed by atoms with van der Waals surface area (Å²) in [4.78, 5) is -1.73. The summed E-state index contributed by atoms with van der Waals surface area (Å²) < 4.78 is 115. The van der Waals surface area contributed by atoms with Gasteiger partial charge in [0.15, 0.2) is 0 Å². The van der Waals surface area contributed by atoms with E-state index in [0.29, 0.717) is 4.68 Å². The van der Waals surface area contributed by atoms with Gasteiger partial charge in [-0.05, 0) is 11.6 Å². The zero-order valence-electron chi connectivity index (χ0n) is 23.8. The number of likely N-dealkylation sites (N-methyl/N-ethyl adjacent to an activating group) is 1. The van der Waals surface area contributed by atoms with Gasteiger partial charge in [0.25, 0.3) is 0 Å². The average molecular weight is 274 g/mol. The molecule has 0 saturated heterocycles. The highest BCUT2D eigenvalue weighted by Gasteiger charge is 2.18. The number of hydrogen-bond donors (Lipinski definition) is 1. The number of aryl methyl sites for hydroxylation is 1. The summed E-state index contributed by atoms with van der Waals surface area (Å²) >= 11 is 0. The maximum Gasteiger partial charge on any atom is 0.124 e. The minimum atomic E-state index is -3.75. The van der Waals surface area contributed by atoms with E-state index in [1.807, 2.05) is 0 Å². The Bertz CT molecular complexity index is 935. The van der Waals surface area contributed by atoms with Gasteiger partial charge in [-0.25, -0.2) is 0 Å². The Morgan fingerprint density at radius 1 is 1.42 bits per heavy atom. The predicted molar refractivity (Wildman–Crippen MR) is 75.1 cm³/mol. The van der Waals surface area contributed by atoms with E-state index in [0.717, 1.165) is 12.3 Å². The Morgan fingerprint density at radius 2 is 2.26 bits per heavy atom. The molecule has 4 nitrogen and oxygen atoms in total. The van der Waals surface area contributed by atoms with Crippen LogP contribution >= 0.6 is 0 Å². The number of rotatable bonds is 6. The summed E-state index contributed by atoms with van der Waals surface area (Å²) in [7, 11) is 0. The first kappa shape index (κ1) is 4.43. The largest absolute Gasteiger partial charge is 0.361 e. The lowest BCUT2D eigenvalue weighted by atomic mass is 10.1. The molecule has 0 aliphatic rings. The summed E-state index contributed by atoms with van der Waals surface area (Å²) in [6, 6.07) is 8.04. The molecule has 19 heavy (non-hydrogen) atoms. The quantitative estimate of drug-likeness (QED) is 0.839. The summed E-state index contributed by atoms with van der Waals surface area (Å²) in [5, 5.41) is 3.64. The normalized spacial score (nSPS) is 28.9. The number of benzene rings is 1. The van der Waals surface area contributed by atoms with Gasteiger partial charge in [0.2, 0.25) is 0 Å². The van der Waals surface area contributed by atoms with Crippen molar-refractivity contribution in [3.8, 4) is 0 Å². The Balaban J connectivity index is 2.72. The number of quaternary nitrogens is 1. The van der Waals surface area contributed by atoms with Crippen LogP contribution in [-0.4, -0.2) is 36.8 Å². The average Bonchev–Trinajstić information content (AvgIpc) is 3.09. The number of aromatic nitrogens is 2. The monoisotopic (exact) mass is 274 g/mol. The number of nitrogens with zero attached hydrogens (tertiary/aromatic N) is 2. The first-order chi connectivity index (χ1) is 14.7. The van der Waals surface area contributed by atoms with Crippen molar-refractivity contribution >= 4 is 0 Å². The van der Waals surface area contributed by atoms with Crippen molar-refractivity contribution in [3.63, 3.8) is 0 Å². The van der Waals surface area contributed by atoms with Gasteiger partial charge in [0.1, 0.15) is 12.6 Å². The molecule has 1 heterocycles. The molecule has 0 spiro atoms. The van der Waals surface area contributed by atoms with Crippen molar-refractivity contribution in [2.24, 2.45) is 6.98 Å². The zero-order chi connectivity index (χ0) is 25.7. The smallest absolute Gasteiger partial charge is 0.124 e. The maximum absolute atomic E-state index is 8.90. The van der Waals surface area contributed by atoms with Crippen LogP contribution in [0.15, 0.2) is 42.6 Å². The molecular weight excluding hydrogens is 238 g/mol. The summed E-state index contributed by atoms with van der Waals surface area (Å²) in [6.07, 6.45) is -1.75. The van der Waals surface area contributed by atoms with Gasteiger partial charge in [-0.2, -0.15) is 5.10 Å². The number of hydrogen-bond acceptors (Lipinski definition) is 2. The maximum atomic E-state index is 8.90. The molecule has 2 aromatic rings. The number of ether oxygens (including phenoxy) is 1. The molecule has 102 valence electrons. The molecule has 1 atom stereocenters. The van der Waals surface area contributed by atoms with Crippen molar-refractivity contribution in [3.05, 3.63) is 53.9 Å². The van der Waals surface area contributed by atoms with Crippen molar-refractivity contribution in [1.82, 2.24) is 9.78 Å². The van der Waals surface area contributed by atoms with Crippen LogP contribution in [-0.2, 0) is 11.7 Å². The third kappa shape index (κ3) is 3.66. The van der Waals surface area contributed by atoms with Crippen molar-refractivity contribution < 1.29 is 28.8 Å². The van der Waals surface area contributed by atoms with Crippen molar-refractivity contribution in [2.45, 2.75) is 6.08 Å². The van der Waals surface area contributed by atoms with Crippen LogP contribution < -0.4 is 4.90 Å². The summed E-state index contributed by atoms with van der Waals surface area (Å²) in [6.45, 7) is -17.5. The summed E-state index contributed by atoms with van der Waals surface area (Å²) in [5.41, 5.74) is -0.655. The molecule has 0 aliphatic carbocycles. The van der Waals surface area contributed by atoms with E-state index in [-0.39, 0.29) is 5.56 Å². The van der Waals surface area contributed by atoms with Gasteiger partial charge < -0.3 is 9.64 Å². The van der Waals surface area contributed by atoms with Crippen molar-refractivity contribution in [2.75, 3.05) is 27.0 Å². The van der Waals surface area contributed by atoms with E-state index < -0.39 is 50.7 Å². The highest BCUT2D eigenvalue weighted by molar-refractivity contribution is 5.25. The van der Waals surface area contributed by atoms with Gasteiger partial charge in [-0.3, -0.25) is 4.68 Å². The van der Waals surface area contributed by atoms with Gasteiger partial charge in [-0.15, -0.1) is 0 Å². The van der Waals surface area contributed by atoms with Crippen LogP contribution in [0, 0.1) is 0 Å². The third-order valence-corrected chi connectivity index (χ3v) is 2.24. The standard InChI is InChI=1S/C15H21N3O/c1-17(2)11-12-19-15(13-7-5-4-6-8-13)14-9-10-16-18(14)3/h4-10,15H,11-12H2,1-3H3/p+1/i1D3,2D3,3D3,11D2,12D2,15D. The fourth-order valence-electron chi connectivity index (χ4n) is 1.45. The minimum absolute atomic E-state index is 0.139. The van der Waals surface area contributed by atoms with E-state index in [4.69, 9.17) is 23.9 Å².